The van der Waals surface area contributed by atoms with Gasteiger partial charge in [0.15, 0.2) is 0 Å². The van der Waals surface area contributed by atoms with Crippen molar-refractivity contribution in [2.24, 2.45) is 23.7 Å². The molecular formula is C17H26O3. The summed E-state index contributed by atoms with van der Waals surface area (Å²) in [5, 5.41) is 0. The van der Waals surface area contributed by atoms with Crippen LogP contribution in [0.3, 0.4) is 0 Å². The highest BCUT2D eigenvalue weighted by molar-refractivity contribution is 5.74. The van der Waals surface area contributed by atoms with Crippen LogP contribution in [0.5, 0.6) is 0 Å². The van der Waals surface area contributed by atoms with Crippen LogP contribution in [0.1, 0.15) is 46.5 Å². The van der Waals surface area contributed by atoms with E-state index >= 15 is 0 Å². The molecule has 0 amide bonds. The topological polar surface area (TPSA) is 35.5 Å². The lowest BCUT2D eigenvalue weighted by atomic mass is 9.75. The highest BCUT2D eigenvalue weighted by Crippen LogP contribution is 2.38. The van der Waals surface area contributed by atoms with Gasteiger partial charge in [-0.25, -0.2) is 0 Å². The quantitative estimate of drug-likeness (QED) is 0.587. The third-order valence-electron chi connectivity index (χ3n) is 5.26. The van der Waals surface area contributed by atoms with Crippen molar-refractivity contribution in [2.45, 2.75) is 64.8 Å². The van der Waals surface area contributed by atoms with E-state index in [-0.39, 0.29) is 30.2 Å². The monoisotopic (exact) mass is 278 g/mol. The first-order valence-corrected chi connectivity index (χ1v) is 8.09. The molecule has 2 heterocycles. The van der Waals surface area contributed by atoms with Gasteiger partial charge in [-0.05, 0) is 37.0 Å². The zero-order chi connectivity index (χ0) is 14.3. The first-order chi connectivity index (χ1) is 9.54. The van der Waals surface area contributed by atoms with Crippen LogP contribution in [0.15, 0.2) is 12.2 Å². The fourth-order valence-corrected chi connectivity index (χ4v) is 3.99. The van der Waals surface area contributed by atoms with E-state index in [4.69, 9.17) is 9.47 Å². The SMILES string of the molecule is CC(C)[C@@H]1CC[C@@H](C)C[C@H]1OC(=O)[C@H]1C[C@@H]2C=C[C@H]1O2. The lowest BCUT2D eigenvalue weighted by molar-refractivity contribution is -0.162. The second-order valence-corrected chi connectivity index (χ2v) is 7.17. The summed E-state index contributed by atoms with van der Waals surface area (Å²) in [6, 6.07) is 0. The Morgan fingerprint density at radius 2 is 2.05 bits per heavy atom. The summed E-state index contributed by atoms with van der Waals surface area (Å²) in [6.07, 6.45) is 8.56. The normalized spacial score (nSPS) is 43.2. The number of carbonyl (C=O) groups is 1. The van der Waals surface area contributed by atoms with E-state index in [1.165, 1.54) is 12.8 Å². The van der Waals surface area contributed by atoms with Gasteiger partial charge in [0.05, 0.1) is 18.1 Å². The van der Waals surface area contributed by atoms with Crippen molar-refractivity contribution in [3.05, 3.63) is 12.2 Å². The molecule has 112 valence electrons. The van der Waals surface area contributed by atoms with E-state index in [1.807, 2.05) is 6.08 Å². The number of hydrogen-bond donors (Lipinski definition) is 0. The Morgan fingerprint density at radius 1 is 1.25 bits per heavy atom. The van der Waals surface area contributed by atoms with Gasteiger partial charge in [0.25, 0.3) is 0 Å². The minimum atomic E-state index is -0.0740. The Bertz CT molecular complexity index is 401. The second-order valence-electron chi connectivity index (χ2n) is 7.17. The molecule has 0 N–H and O–H groups in total. The van der Waals surface area contributed by atoms with E-state index in [0.717, 1.165) is 12.8 Å². The molecule has 1 saturated heterocycles. The minimum Gasteiger partial charge on any atom is -0.462 e. The number of carbonyl (C=O) groups excluding carboxylic acids is 1. The van der Waals surface area contributed by atoms with Gasteiger partial charge >= 0.3 is 5.97 Å². The standard InChI is InChI=1S/C17H26O3/c1-10(2)13-6-4-11(3)8-16(13)20-17(18)14-9-12-5-7-15(14)19-12/h5,7,10-16H,4,6,8-9H2,1-3H3/t11-,12+,13+,14+,15-,16-/m1/s1. The van der Waals surface area contributed by atoms with E-state index in [1.54, 1.807) is 0 Å². The lowest BCUT2D eigenvalue weighted by Crippen LogP contribution is -2.38. The molecule has 1 saturated carbocycles. The van der Waals surface area contributed by atoms with E-state index < -0.39 is 0 Å². The van der Waals surface area contributed by atoms with Crippen LogP contribution in [-0.2, 0) is 14.3 Å². The maximum Gasteiger partial charge on any atom is 0.312 e. The molecule has 0 spiro atoms. The molecule has 0 aromatic rings. The molecule has 2 fully saturated rings. The molecule has 3 heteroatoms. The van der Waals surface area contributed by atoms with Gasteiger partial charge in [-0.3, -0.25) is 4.79 Å². The largest absolute Gasteiger partial charge is 0.462 e. The number of rotatable bonds is 3. The Morgan fingerprint density at radius 3 is 2.65 bits per heavy atom. The smallest absolute Gasteiger partial charge is 0.312 e. The fraction of sp³-hybridized carbons (Fsp3) is 0.824. The lowest BCUT2D eigenvalue weighted by Gasteiger charge is -2.37. The Balaban J connectivity index is 1.63. The highest BCUT2D eigenvalue weighted by atomic mass is 16.6. The number of ether oxygens (including phenoxy) is 2. The molecule has 0 aromatic carbocycles. The highest BCUT2D eigenvalue weighted by Gasteiger charge is 2.43. The van der Waals surface area contributed by atoms with Gasteiger partial charge < -0.3 is 9.47 Å². The summed E-state index contributed by atoms with van der Waals surface area (Å²) >= 11 is 0. The summed E-state index contributed by atoms with van der Waals surface area (Å²) in [4.78, 5) is 12.4. The minimum absolute atomic E-state index is 0.0356. The predicted octanol–water partition coefficient (Wildman–Crippen LogP) is 3.33. The Hall–Kier alpha value is -0.830. The summed E-state index contributed by atoms with van der Waals surface area (Å²) in [5.41, 5.74) is 0. The van der Waals surface area contributed by atoms with Crippen molar-refractivity contribution in [1.82, 2.24) is 0 Å². The van der Waals surface area contributed by atoms with E-state index in [2.05, 4.69) is 26.8 Å². The van der Waals surface area contributed by atoms with Crippen LogP contribution in [0.2, 0.25) is 0 Å². The van der Waals surface area contributed by atoms with Crippen LogP contribution in [0, 0.1) is 23.7 Å². The average molecular weight is 278 g/mol. The third-order valence-corrected chi connectivity index (χ3v) is 5.26. The number of hydrogen-bond acceptors (Lipinski definition) is 3. The summed E-state index contributed by atoms with van der Waals surface area (Å²) < 4.78 is 11.6. The van der Waals surface area contributed by atoms with Crippen LogP contribution >= 0.6 is 0 Å². The molecule has 2 aliphatic heterocycles. The fourth-order valence-electron chi connectivity index (χ4n) is 3.99. The molecule has 0 unspecified atom stereocenters. The predicted molar refractivity (Wildman–Crippen MR) is 77.1 cm³/mol. The molecule has 20 heavy (non-hydrogen) atoms. The maximum absolute atomic E-state index is 12.4. The number of esters is 1. The van der Waals surface area contributed by atoms with Gasteiger partial charge in [0.1, 0.15) is 6.10 Å². The van der Waals surface area contributed by atoms with Crippen molar-refractivity contribution in [2.75, 3.05) is 0 Å². The van der Waals surface area contributed by atoms with Crippen molar-refractivity contribution in [1.29, 1.82) is 0 Å². The van der Waals surface area contributed by atoms with E-state index in [0.29, 0.717) is 17.8 Å². The van der Waals surface area contributed by atoms with E-state index in [9.17, 15) is 4.79 Å². The summed E-state index contributed by atoms with van der Waals surface area (Å²) in [7, 11) is 0. The molecular weight excluding hydrogens is 252 g/mol. The van der Waals surface area contributed by atoms with Crippen molar-refractivity contribution in [3.63, 3.8) is 0 Å². The van der Waals surface area contributed by atoms with Gasteiger partial charge in [-0.15, -0.1) is 0 Å². The van der Waals surface area contributed by atoms with Crippen LogP contribution < -0.4 is 0 Å². The second kappa shape index (κ2) is 5.51. The van der Waals surface area contributed by atoms with Crippen molar-refractivity contribution >= 4 is 5.97 Å². The van der Waals surface area contributed by atoms with Crippen molar-refractivity contribution in [3.8, 4) is 0 Å². The molecule has 6 atom stereocenters. The Labute approximate surface area is 121 Å². The average Bonchev–Trinajstić information content (AvgIpc) is 3.00. The number of fused-ring (bicyclic) bond motifs is 2. The molecule has 0 radical (unpaired) electrons. The first-order valence-electron chi connectivity index (χ1n) is 8.09. The van der Waals surface area contributed by atoms with Crippen LogP contribution in [0.25, 0.3) is 0 Å². The van der Waals surface area contributed by atoms with Gasteiger partial charge in [-0.1, -0.05) is 39.3 Å². The van der Waals surface area contributed by atoms with Crippen LogP contribution in [-0.4, -0.2) is 24.3 Å². The Kier molecular flexibility index (Phi) is 3.89. The van der Waals surface area contributed by atoms with Gasteiger partial charge in [0, 0.05) is 0 Å². The summed E-state index contributed by atoms with van der Waals surface area (Å²) in [5.74, 6) is 1.65. The first kappa shape index (κ1) is 14.1. The van der Waals surface area contributed by atoms with Gasteiger partial charge in [0.2, 0.25) is 0 Å². The molecule has 3 rings (SSSR count). The molecule has 2 bridgehead atoms. The maximum atomic E-state index is 12.4. The molecule has 0 aromatic heterocycles. The van der Waals surface area contributed by atoms with Crippen LogP contribution in [0.4, 0.5) is 0 Å². The molecule has 1 aliphatic carbocycles. The summed E-state index contributed by atoms with van der Waals surface area (Å²) in [6.45, 7) is 6.75. The van der Waals surface area contributed by atoms with Crippen molar-refractivity contribution < 1.29 is 14.3 Å². The third kappa shape index (κ3) is 2.65. The zero-order valence-electron chi connectivity index (χ0n) is 12.7. The zero-order valence-corrected chi connectivity index (χ0v) is 12.7. The van der Waals surface area contributed by atoms with Gasteiger partial charge in [-0.2, -0.15) is 0 Å². The molecule has 3 aliphatic rings. The molecule has 3 nitrogen and oxygen atoms in total.